The molecule has 1 heterocycles. The Hall–Kier alpha value is -2.31. The molecule has 2 atom stereocenters. The normalized spacial score (nSPS) is 23.0. The van der Waals surface area contributed by atoms with Crippen molar-refractivity contribution in [1.82, 2.24) is 5.32 Å². The van der Waals surface area contributed by atoms with Crippen LogP contribution in [-0.4, -0.2) is 6.54 Å². The number of hydrogen-bond acceptors (Lipinski definition) is 3. The molecule has 0 amide bonds. The predicted octanol–water partition coefficient (Wildman–Crippen LogP) is 4.92. The van der Waals surface area contributed by atoms with Crippen LogP contribution in [0.25, 0.3) is 0 Å². The summed E-state index contributed by atoms with van der Waals surface area (Å²) >= 11 is 0. The van der Waals surface area contributed by atoms with Crippen molar-refractivity contribution in [3.63, 3.8) is 0 Å². The van der Waals surface area contributed by atoms with Crippen LogP contribution in [0, 0.1) is 24.2 Å². The largest absolute Gasteiger partial charge is 0.457 e. The molecule has 3 nitrogen and oxygen atoms in total. The van der Waals surface area contributed by atoms with Gasteiger partial charge in [0.15, 0.2) is 0 Å². The molecule has 0 bridgehead atoms. The highest BCUT2D eigenvalue weighted by atomic mass is 16.5. The van der Waals surface area contributed by atoms with Crippen molar-refractivity contribution in [2.45, 2.75) is 38.6 Å². The second kappa shape index (κ2) is 7.07. The van der Waals surface area contributed by atoms with Gasteiger partial charge in [-0.25, -0.2) is 0 Å². The standard InChI is InChI=1S/C21H24N2O/c1-3-17-14-21(12-13-22,23-15-17)18-8-10-19(11-9-18)24-20-7-5-4-6-16(20)2/h4-11,17,23H,3,12,14-15H2,1-2H3/t17-,21+/m0/s1. The average molecular weight is 320 g/mol. The van der Waals surface area contributed by atoms with E-state index in [2.05, 4.69) is 30.4 Å². The SMILES string of the molecule is CC[C@@H]1CN[C@@](CC#N)(c2ccc(Oc3ccccc3C)cc2)C1. The van der Waals surface area contributed by atoms with E-state index < -0.39 is 0 Å². The molecule has 1 aliphatic heterocycles. The van der Waals surface area contributed by atoms with Gasteiger partial charge in [-0.2, -0.15) is 5.26 Å². The minimum absolute atomic E-state index is 0.212. The van der Waals surface area contributed by atoms with Crippen LogP contribution >= 0.6 is 0 Å². The number of hydrogen-bond donors (Lipinski definition) is 1. The van der Waals surface area contributed by atoms with Gasteiger partial charge in [-0.3, -0.25) is 0 Å². The Morgan fingerprint density at radius 1 is 1.21 bits per heavy atom. The van der Waals surface area contributed by atoms with Crippen molar-refractivity contribution in [3.05, 3.63) is 59.7 Å². The molecule has 1 N–H and O–H groups in total. The van der Waals surface area contributed by atoms with E-state index in [-0.39, 0.29) is 5.54 Å². The zero-order valence-corrected chi connectivity index (χ0v) is 14.4. The molecule has 2 aromatic carbocycles. The van der Waals surface area contributed by atoms with E-state index in [0.29, 0.717) is 12.3 Å². The first-order valence-corrected chi connectivity index (χ1v) is 8.63. The minimum atomic E-state index is -0.212. The van der Waals surface area contributed by atoms with E-state index in [9.17, 15) is 5.26 Å². The number of benzene rings is 2. The van der Waals surface area contributed by atoms with Gasteiger partial charge in [-0.1, -0.05) is 43.7 Å². The third-order valence-corrected chi connectivity index (χ3v) is 5.05. The first-order chi connectivity index (χ1) is 11.7. The first-order valence-electron chi connectivity index (χ1n) is 8.63. The van der Waals surface area contributed by atoms with Gasteiger partial charge in [0.25, 0.3) is 0 Å². The maximum Gasteiger partial charge on any atom is 0.130 e. The van der Waals surface area contributed by atoms with Crippen LogP contribution in [0.5, 0.6) is 11.5 Å². The van der Waals surface area contributed by atoms with Crippen molar-refractivity contribution in [3.8, 4) is 17.6 Å². The van der Waals surface area contributed by atoms with Crippen LogP contribution in [0.15, 0.2) is 48.5 Å². The van der Waals surface area contributed by atoms with Gasteiger partial charge in [0.2, 0.25) is 0 Å². The van der Waals surface area contributed by atoms with Crippen molar-refractivity contribution in [2.24, 2.45) is 5.92 Å². The second-order valence-electron chi connectivity index (χ2n) is 6.67. The zero-order chi connectivity index (χ0) is 17.0. The Labute approximate surface area is 144 Å². The molecule has 124 valence electrons. The average Bonchev–Trinajstić information content (AvgIpc) is 3.02. The van der Waals surface area contributed by atoms with Crippen LogP contribution in [0.2, 0.25) is 0 Å². The van der Waals surface area contributed by atoms with Crippen LogP contribution in [-0.2, 0) is 5.54 Å². The molecular weight excluding hydrogens is 296 g/mol. The Balaban J connectivity index is 1.81. The van der Waals surface area contributed by atoms with Gasteiger partial charge in [0.05, 0.1) is 18.0 Å². The summed E-state index contributed by atoms with van der Waals surface area (Å²) in [5.41, 5.74) is 2.08. The highest BCUT2D eigenvalue weighted by Gasteiger charge is 2.39. The fraction of sp³-hybridized carbons (Fsp3) is 0.381. The Bertz CT molecular complexity index is 732. The Morgan fingerprint density at radius 3 is 2.58 bits per heavy atom. The molecular formula is C21H24N2O. The smallest absolute Gasteiger partial charge is 0.130 e. The minimum Gasteiger partial charge on any atom is -0.457 e. The van der Waals surface area contributed by atoms with Crippen LogP contribution in [0.1, 0.15) is 37.3 Å². The lowest BCUT2D eigenvalue weighted by molar-refractivity contribution is 0.382. The number of nitrogens with zero attached hydrogens (tertiary/aromatic N) is 1. The fourth-order valence-corrected chi connectivity index (χ4v) is 3.50. The predicted molar refractivity (Wildman–Crippen MR) is 96.0 cm³/mol. The molecule has 2 aromatic rings. The number of rotatable bonds is 5. The summed E-state index contributed by atoms with van der Waals surface area (Å²) in [5, 5.41) is 12.9. The van der Waals surface area contributed by atoms with Crippen molar-refractivity contribution < 1.29 is 4.74 Å². The van der Waals surface area contributed by atoms with Crippen LogP contribution in [0.4, 0.5) is 0 Å². The molecule has 0 aliphatic carbocycles. The number of para-hydroxylation sites is 1. The van der Waals surface area contributed by atoms with E-state index in [1.807, 2.05) is 43.3 Å². The first kappa shape index (κ1) is 16.5. The highest BCUT2D eigenvalue weighted by Crippen LogP contribution is 2.38. The molecule has 3 heteroatoms. The molecule has 1 saturated heterocycles. The lowest BCUT2D eigenvalue weighted by atomic mass is 9.83. The second-order valence-corrected chi connectivity index (χ2v) is 6.67. The lowest BCUT2D eigenvalue weighted by Gasteiger charge is -2.28. The molecule has 1 aliphatic rings. The maximum absolute atomic E-state index is 9.28. The van der Waals surface area contributed by atoms with E-state index >= 15 is 0 Å². The van der Waals surface area contributed by atoms with Crippen LogP contribution in [0.3, 0.4) is 0 Å². The summed E-state index contributed by atoms with van der Waals surface area (Å²) in [4.78, 5) is 0. The molecule has 24 heavy (non-hydrogen) atoms. The van der Waals surface area contributed by atoms with Crippen LogP contribution < -0.4 is 10.1 Å². The molecule has 0 spiro atoms. The molecule has 0 unspecified atom stereocenters. The molecule has 0 aromatic heterocycles. The summed E-state index contributed by atoms with van der Waals surface area (Å²) in [5.74, 6) is 2.34. The number of nitriles is 1. The van der Waals surface area contributed by atoms with Crippen molar-refractivity contribution in [2.75, 3.05) is 6.54 Å². The molecule has 1 fully saturated rings. The third-order valence-electron chi connectivity index (χ3n) is 5.05. The summed E-state index contributed by atoms with van der Waals surface area (Å²) in [6.07, 6.45) is 2.67. The van der Waals surface area contributed by atoms with Crippen molar-refractivity contribution >= 4 is 0 Å². The van der Waals surface area contributed by atoms with E-state index in [0.717, 1.165) is 36.4 Å². The monoisotopic (exact) mass is 320 g/mol. The van der Waals surface area contributed by atoms with E-state index in [1.54, 1.807) is 0 Å². The Morgan fingerprint density at radius 2 is 1.96 bits per heavy atom. The van der Waals surface area contributed by atoms with E-state index in [4.69, 9.17) is 4.74 Å². The number of aryl methyl sites for hydroxylation is 1. The number of nitrogens with one attached hydrogen (secondary N) is 1. The fourth-order valence-electron chi connectivity index (χ4n) is 3.50. The highest BCUT2D eigenvalue weighted by molar-refractivity contribution is 5.39. The topological polar surface area (TPSA) is 45.0 Å². The third kappa shape index (κ3) is 3.29. The number of ether oxygens (including phenoxy) is 1. The summed E-state index contributed by atoms with van der Waals surface area (Å²) in [7, 11) is 0. The summed E-state index contributed by atoms with van der Waals surface area (Å²) < 4.78 is 5.98. The summed E-state index contributed by atoms with van der Waals surface area (Å²) in [6, 6.07) is 18.6. The zero-order valence-electron chi connectivity index (χ0n) is 14.4. The quantitative estimate of drug-likeness (QED) is 0.851. The molecule has 0 radical (unpaired) electrons. The van der Waals surface area contributed by atoms with Gasteiger partial charge in [0, 0.05) is 0 Å². The molecule has 3 rings (SSSR count). The maximum atomic E-state index is 9.28. The van der Waals surface area contributed by atoms with Gasteiger partial charge in [-0.05, 0) is 55.1 Å². The van der Waals surface area contributed by atoms with Gasteiger partial charge in [0.1, 0.15) is 11.5 Å². The lowest BCUT2D eigenvalue weighted by Crippen LogP contribution is -2.36. The Kier molecular flexibility index (Phi) is 4.87. The van der Waals surface area contributed by atoms with E-state index in [1.165, 1.54) is 5.56 Å². The summed E-state index contributed by atoms with van der Waals surface area (Å²) in [6.45, 7) is 5.24. The van der Waals surface area contributed by atoms with Crippen molar-refractivity contribution in [1.29, 1.82) is 5.26 Å². The van der Waals surface area contributed by atoms with Gasteiger partial charge >= 0.3 is 0 Å². The van der Waals surface area contributed by atoms with Gasteiger partial charge in [-0.15, -0.1) is 0 Å². The molecule has 0 saturated carbocycles. The van der Waals surface area contributed by atoms with Gasteiger partial charge < -0.3 is 10.1 Å².